The molecule has 0 aliphatic rings. The van der Waals surface area contributed by atoms with Crippen LogP contribution < -0.4 is 10.6 Å². The molecule has 2 aromatic rings. The van der Waals surface area contributed by atoms with E-state index < -0.39 is 30.1 Å². The third-order valence-corrected chi connectivity index (χ3v) is 3.18. The average Bonchev–Trinajstić information content (AvgIpc) is 2.61. The van der Waals surface area contributed by atoms with Crippen LogP contribution in [0.2, 0.25) is 0 Å². The fraction of sp³-hybridized carbons (Fsp3) is 0.111. The van der Waals surface area contributed by atoms with Gasteiger partial charge in [0.2, 0.25) is 0 Å². The molecule has 0 atom stereocenters. The number of oxime groups is 1. The highest BCUT2D eigenvalue weighted by Crippen LogP contribution is 2.14. The van der Waals surface area contributed by atoms with Gasteiger partial charge in [0.05, 0.1) is 5.69 Å². The van der Waals surface area contributed by atoms with Gasteiger partial charge in [-0.25, -0.2) is 8.78 Å². The van der Waals surface area contributed by atoms with Crippen molar-refractivity contribution in [1.82, 2.24) is 0 Å². The normalized spacial score (nSPS) is 10.5. The first kappa shape index (κ1) is 19.7. The Labute approximate surface area is 153 Å². The minimum Gasteiger partial charge on any atom is -0.385 e. The quantitative estimate of drug-likeness (QED) is 0.442. The maximum absolute atomic E-state index is 13.4. The van der Waals surface area contributed by atoms with E-state index in [1.54, 1.807) is 18.2 Å². The third-order valence-electron chi connectivity index (χ3n) is 3.18. The van der Waals surface area contributed by atoms with Crippen LogP contribution in [0.5, 0.6) is 0 Å². The zero-order valence-electron chi connectivity index (χ0n) is 14.2. The second-order valence-electron chi connectivity index (χ2n) is 5.31. The number of anilines is 2. The molecule has 0 aromatic heterocycles. The van der Waals surface area contributed by atoms with Gasteiger partial charge >= 0.3 is 0 Å². The van der Waals surface area contributed by atoms with E-state index >= 15 is 0 Å². The summed E-state index contributed by atoms with van der Waals surface area (Å²) in [6, 6.07) is 8.99. The highest BCUT2D eigenvalue weighted by molar-refractivity contribution is 6.31. The summed E-state index contributed by atoms with van der Waals surface area (Å²) in [5.74, 6) is -3.24. The molecule has 2 N–H and O–H groups in total. The minimum atomic E-state index is -0.940. The molecule has 0 aliphatic heterocycles. The monoisotopic (exact) mass is 375 g/mol. The summed E-state index contributed by atoms with van der Waals surface area (Å²) < 4.78 is 26.2. The molecular formula is C18H15F2N3O4. The Kier molecular flexibility index (Phi) is 6.70. The highest BCUT2D eigenvalue weighted by Gasteiger charge is 2.07. The van der Waals surface area contributed by atoms with Gasteiger partial charge in [-0.05, 0) is 31.2 Å². The number of nitrogens with zero attached hydrogens (tertiary/aromatic N) is 1. The van der Waals surface area contributed by atoms with E-state index in [4.69, 9.17) is 0 Å². The molecule has 27 heavy (non-hydrogen) atoms. The van der Waals surface area contributed by atoms with E-state index in [2.05, 4.69) is 20.6 Å². The molecule has 9 heteroatoms. The zero-order valence-corrected chi connectivity index (χ0v) is 14.2. The molecule has 0 unspecified atom stereocenters. The van der Waals surface area contributed by atoms with E-state index in [0.29, 0.717) is 23.5 Å². The molecule has 0 radical (unpaired) electrons. The minimum absolute atomic E-state index is 0.143. The number of amides is 2. The van der Waals surface area contributed by atoms with E-state index in [1.165, 1.54) is 13.0 Å². The fourth-order valence-electron chi connectivity index (χ4n) is 1.95. The second kappa shape index (κ2) is 9.18. The molecule has 0 saturated carbocycles. The first-order valence-corrected chi connectivity index (χ1v) is 7.67. The maximum atomic E-state index is 13.4. The van der Waals surface area contributed by atoms with Crippen molar-refractivity contribution in [3.05, 3.63) is 59.7 Å². The van der Waals surface area contributed by atoms with Crippen molar-refractivity contribution in [2.75, 3.05) is 17.2 Å². The average molecular weight is 375 g/mol. The van der Waals surface area contributed by atoms with Crippen molar-refractivity contribution in [1.29, 1.82) is 0 Å². The molecule has 0 heterocycles. The summed E-state index contributed by atoms with van der Waals surface area (Å²) in [4.78, 5) is 39.2. The van der Waals surface area contributed by atoms with Crippen molar-refractivity contribution in [3.8, 4) is 0 Å². The van der Waals surface area contributed by atoms with Crippen LogP contribution in [0, 0.1) is 11.6 Å². The lowest BCUT2D eigenvalue weighted by Crippen LogP contribution is -2.18. The molecular weight excluding hydrogens is 360 g/mol. The molecule has 2 rings (SSSR count). The lowest BCUT2D eigenvalue weighted by atomic mass is 10.1. The number of nitrogens with one attached hydrogen (secondary N) is 2. The molecule has 7 nitrogen and oxygen atoms in total. The largest absolute Gasteiger partial charge is 0.385 e. The van der Waals surface area contributed by atoms with Crippen molar-refractivity contribution in [2.45, 2.75) is 6.92 Å². The Morgan fingerprint density at radius 1 is 1.11 bits per heavy atom. The second-order valence-corrected chi connectivity index (χ2v) is 5.31. The molecule has 2 amide bonds. The van der Waals surface area contributed by atoms with E-state index in [0.717, 1.165) is 12.1 Å². The lowest BCUT2D eigenvalue weighted by Gasteiger charge is -2.05. The molecule has 2 aromatic carbocycles. The number of hydrogen-bond acceptors (Lipinski definition) is 5. The number of carbonyl (C=O) groups is 3. The Morgan fingerprint density at radius 3 is 2.59 bits per heavy atom. The Hall–Kier alpha value is -3.62. The van der Waals surface area contributed by atoms with Crippen LogP contribution in [0.25, 0.3) is 0 Å². The van der Waals surface area contributed by atoms with Gasteiger partial charge < -0.3 is 15.5 Å². The van der Waals surface area contributed by atoms with Crippen LogP contribution in [0.3, 0.4) is 0 Å². The molecule has 140 valence electrons. The number of halogens is 2. The summed E-state index contributed by atoms with van der Waals surface area (Å²) in [6.45, 7) is 0.917. The van der Waals surface area contributed by atoms with Crippen LogP contribution >= 0.6 is 0 Å². The van der Waals surface area contributed by atoms with Gasteiger partial charge in [-0.2, -0.15) is 0 Å². The Morgan fingerprint density at radius 2 is 1.89 bits per heavy atom. The Balaban J connectivity index is 1.79. The first-order chi connectivity index (χ1) is 12.8. The van der Waals surface area contributed by atoms with Gasteiger partial charge in [-0.3, -0.25) is 14.4 Å². The van der Waals surface area contributed by atoms with Crippen molar-refractivity contribution >= 4 is 35.2 Å². The van der Waals surface area contributed by atoms with Crippen LogP contribution in [-0.2, 0) is 14.4 Å². The van der Waals surface area contributed by atoms with Crippen molar-refractivity contribution < 1.29 is 28.0 Å². The molecule has 0 spiro atoms. The lowest BCUT2D eigenvalue weighted by molar-refractivity contribution is -0.120. The number of benzene rings is 2. The number of Topliss-reactive ketones (excluding diaryl/α,β-unsaturated/α-hetero) is 1. The number of carbonyl (C=O) groups excluding carboxylic acids is 3. The summed E-state index contributed by atoms with van der Waals surface area (Å²) in [6.07, 6.45) is 0.701. The van der Waals surface area contributed by atoms with Gasteiger partial charge in [0.15, 0.2) is 12.4 Å². The van der Waals surface area contributed by atoms with E-state index in [9.17, 15) is 23.2 Å². The van der Waals surface area contributed by atoms with E-state index in [-0.39, 0.29) is 11.5 Å². The smallest absolute Gasteiger partial charge is 0.270 e. The first-order valence-electron chi connectivity index (χ1n) is 7.67. The van der Waals surface area contributed by atoms with Crippen molar-refractivity contribution in [3.63, 3.8) is 0 Å². The van der Waals surface area contributed by atoms with E-state index in [1.807, 2.05) is 0 Å². The fourth-order valence-corrected chi connectivity index (χ4v) is 1.95. The standard InChI is InChI=1S/C18H15F2N3O4/c1-11(24)12-3-2-4-14(7-12)22-18(26)10-27-21-9-17(25)23-16-6-5-13(19)8-15(16)20/h2-9H,10H2,1H3,(H,22,26)(H,23,25)/b21-9+. The van der Waals surface area contributed by atoms with Gasteiger partial charge in [0.25, 0.3) is 11.8 Å². The number of hydrogen-bond donors (Lipinski definition) is 2. The molecule has 0 aliphatic carbocycles. The van der Waals surface area contributed by atoms with Crippen LogP contribution in [0.1, 0.15) is 17.3 Å². The predicted octanol–water partition coefficient (Wildman–Crippen LogP) is 2.75. The number of rotatable bonds is 7. The van der Waals surface area contributed by atoms with Crippen LogP contribution in [0.4, 0.5) is 20.2 Å². The SMILES string of the molecule is CC(=O)c1cccc(NC(=O)CO/N=C/C(=O)Nc2ccc(F)cc2F)c1. The van der Waals surface area contributed by atoms with Gasteiger partial charge in [0.1, 0.15) is 17.8 Å². The number of ketones is 1. The Bertz CT molecular complexity index is 900. The zero-order chi connectivity index (χ0) is 19.8. The molecule has 0 saturated heterocycles. The van der Waals surface area contributed by atoms with Crippen LogP contribution in [-0.4, -0.2) is 30.4 Å². The summed E-state index contributed by atoms with van der Waals surface area (Å²) in [5, 5.41) is 7.94. The highest BCUT2D eigenvalue weighted by atomic mass is 19.1. The van der Waals surface area contributed by atoms with Crippen molar-refractivity contribution in [2.24, 2.45) is 5.16 Å². The molecule has 0 fully saturated rings. The predicted molar refractivity (Wildman–Crippen MR) is 94.5 cm³/mol. The molecule has 0 bridgehead atoms. The maximum Gasteiger partial charge on any atom is 0.270 e. The van der Waals surface area contributed by atoms with Crippen LogP contribution in [0.15, 0.2) is 47.6 Å². The third kappa shape index (κ3) is 6.31. The van der Waals surface area contributed by atoms with Gasteiger partial charge in [0, 0.05) is 17.3 Å². The topological polar surface area (TPSA) is 96.9 Å². The van der Waals surface area contributed by atoms with Gasteiger partial charge in [-0.1, -0.05) is 17.3 Å². The van der Waals surface area contributed by atoms with Gasteiger partial charge in [-0.15, -0.1) is 0 Å². The summed E-state index contributed by atoms with van der Waals surface area (Å²) in [7, 11) is 0. The summed E-state index contributed by atoms with van der Waals surface area (Å²) in [5.41, 5.74) is 0.622. The summed E-state index contributed by atoms with van der Waals surface area (Å²) >= 11 is 0.